The van der Waals surface area contributed by atoms with Gasteiger partial charge in [-0.2, -0.15) is 8.42 Å². The molecule has 0 aliphatic carbocycles. The van der Waals surface area contributed by atoms with Gasteiger partial charge in [0.25, 0.3) is 10.1 Å². The predicted octanol–water partition coefficient (Wildman–Crippen LogP) is 2.09. The SMILES string of the molecule is COS(=O)(=O)c1ccc(Br)cc1C. The average Bonchev–Trinajstić information content (AvgIpc) is 2.03. The number of rotatable bonds is 2. The van der Waals surface area contributed by atoms with Crippen LogP contribution >= 0.6 is 15.9 Å². The first kappa shape index (κ1) is 10.7. The van der Waals surface area contributed by atoms with Crippen LogP contribution in [-0.4, -0.2) is 15.5 Å². The standard InChI is InChI=1S/C8H9BrO3S/c1-6-5-7(9)3-4-8(6)13(10,11)12-2/h3-5H,1-2H3. The fourth-order valence-electron chi connectivity index (χ4n) is 0.983. The van der Waals surface area contributed by atoms with E-state index in [9.17, 15) is 8.42 Å². The smallest absolute Gasteiger partial charge is 0.270 e. The molecule has 0 aromatic heterocycles. The van der Waals surface area contributed by atoms with E-state index < -0.39 is 10.1 Å². The fraction of sp³-hybridized carbons (Fsp3) is 0.250. The van der Waals surface area contributed by atoms with Gasteiger partial charge in [-0.3, -0.25) is 4.18 Å². The summed E-state index contributed by atoms with van der Waals surface area (Å²) in [6.07, 6.45) is 0. The van der Waals surface area contributed by atoms with E-state index >= 15 is 0 Å². The Morgan fingerprint density at radius 2 is 2.00 bits per heavy atom. The molecule has 1 rings (SSSR count). The van der Waals surface area contributed by atoms with Gasteiger partial charge in [0.15, 0.2) is 0 Å². The van der Waals surface area contributed by atoms with E-state index in [1.807, 2.05) is 0 Å². The minimum atomic E-state index is -3.57. The van der Waals surface area contributed by atoms with Crippen molar-refractivity contribution >= 4 is 26.0 Å². The highest BCUT2D eigenvalue weighted by molar-refractivity contribution is 9.10. The van der Waals surface area contributed by atoms with E-state index in [1.165, 1.54) is 6.07 Å². The number of hydrogen-bond donors (Lipinski definition) is 0. The first-order chi connectivity index (χ1) is 5.97. The topological polar surface area (TPSA) is 43.4 Å². The zero-order valence-electron chi connectivity index (χ0n) is 7.24. The van der Waals surface area contributed by atoms with Crippen LogP contribution in [0.3, 0.4) is 0 Å². The number of aryl methyl sites for hydroxylation is 1. The largest absolute Gasteiger partial charge is 0.296 e. The van der Waals surface area contributed by atoms with Gasteiger partial charge in [0, 0.05) is 4.47 Å². The Kier molecular flexibility index (Phi) is 3.10. The summed E-state index contributed by atoms with van der Waals surface area (Å²) in [4.78, 5) is 0.207. The quantitative estimate of drug-likeness (QED) is 0.769. The molecule has 0 bridgehead atoms. The summed E-state index contributed by atoms with van der Waals surface area (Å²) < 4.78 is 27.8. The van der Waals surface area contributed by atoms with Gasteiger partial charge < -0.3 is 0 Å². The molecule has 0 atom stereocenters. The van der Waals surface area contributed by atoms with Crippen LogP contribution in [0.1, 0.15) is 5.56 Å². The van der Waals surface area contributed by atoms with E-state index in [0.29, 0.717) is 5.56 Å². The van der Waals surface area contributed by atoms with E-state index in [1.54, 1.807) is 19.1 Å². The molecular formula is C8H9BrO3S. The third kappa shape index (κ3) is 2.30. The summed E-state index contributed by atoms with van der Waals surface area (Å²) >= 11 is 3.25. The Morgan fingerprint density at radius 3 is 2.46 bits per heavy atom. The maximum Gasteiger partial charge on any atom is 0.296 e. The molecule has 0 fully saturated rings. The number of halogens is 1. The second-order valence-electron chi connectivity index (χ2n) is 2.53. The second kappa shape index (κ2) is 3.77. The average molecular weight is 265 g/mol. The van der Waals surface area contributed by atoms with Gasteiger partial charge in [0.1, 0.15) is 0 Å². The van der Waals surface area contributed by atoms with Crippen molar-refractivity contribution in [1.82, 2.24) is 0 Å². The first-order valence-corrected chi connectivity index (χ1v) is 5.74. The van der Waals surface area contributed by atoms with Crippen molar-refractivity contribution in [2.75, 3.05) is 7.11 Å². The van der Waals surface area contributed by atoms with Crippen molar-refractivity contribution in [1.29, 1.82) is 0 Å². The number of hydrogen-bond acceptors (Lipinski definition) is 3. The van der Waals surface area contributed by atoms with Crippen molar-refractivity contribution in [2.45, 2.75) is 11.8 Å². The highest BCUT2D eigenvalue weighted by Crippen LogP contribution is 2.20. The minimum absolute atomic E-state index is 0.207. The Morgan fingerprint density at radius 1 is 1.38 bits per heavy atom. The van der Waals surface area contributed by atoms with Crippen molar-refractivity contribution in [2.24, 2.45) is 0 Å². The zero-order chi connectivity index (χ0) is 10.1. The molecule has 0 aliphatic rings. The van der Waals surface area contributed by atoms with Gasteiger partial charge in [-0.15, -0.1) is 0 Å². The normalized spacial score (nSPS) is 11.6. The summed E-state index contributed by atoms with van der Waals surface area (Å²) in [6, 6.07) is 4.91. The predicted molar refractivity (Wildman–Crippen MR) is 53.1 cm³/mol. The lowest BCUT2D eigenvalue weighted by Crippen LogP contribution is -2.04. The highest BCUT2D eigenvalue weighted by atomic mass is 79.9. The minimum Gasteiger partial charge on any atom is -0.270 e. The van der Waals surface area contributed by atoms with Crippen molar-refractivity contribution in [3.05, 3.63) is 28.2 Å². The third-order valence-electron chi connectivity index (χ3n) is 1.63. The molecule has 0 saturated carbocycles. The summed E-state index contributed by atoms with van der Waals surface area (Å²) in [5.41, 5.74) is 0.663. The molecule has 0 aliphatic heterocycles. The van der Waals surface area contributed by atoms with Crippen LogP contribution in [0.2, 0.25) is 0 Å². The molecule has 0 unspecified atom stereocenters. The van der Waals surface area contributed by atoms with Crippen LogP contribution in [0.4, 0.5) is 0 Å². The van der Waals surface area contributed by atoms with E-state index in [4.69, 9.17) is 0 Å². The fourth-order valence-corrected chi connectivity index (χ4v) is 2.33. The summed E-state index contributed by atoms with van der Waals surface area (Å²) in [7, 11) is -2.42. The lowest BCUT2D eigenvalue weighted by molar-refractivity contribution is 0.397. The Labute approximate surface area is 86.0 Å². The molecule has 72 valence electrons. The summed E-state index contributed by atoms with van der Waals surface area (Å²) in [6.45, 7) is 1.72. The van der Waals surface area contributed by atoms with E-state index in [2.05, 4.69) is 20.1 Å². The van der Waals surface area contributed by atoms with Crippen LogP contribution in [0.15, 0.2) is 27.6 Å². The monoisotopic (exact) mass is 264 g/mol. The van der Waals surface area contributed by atoms with Crippen LogP contribution in [0.5, 0.6) is 0 Å². The van der Waals surface area contributed by atoms with Gasteiger partial charge in [-0.25, -0.2) is 0 Å². The zero-order valence-corrected chi connectivity index (χ0v) is 9.65. The molecule has 0 radical (unpaired) electrons. The van der Waals surface area contributed by atoms with Crippen LogP contribution in [0, 0.1) is 6.92 Å². The molecule has 1 aromatic rings. The molecule has 13 heavy (non-hydrogen) atoms. The molecule has 0 spiro atoms. The molecule has 3 nitrogen and oxygen atoms in total. The van der Waals surface area contributed by atoms with E-state index in [0.717, 1.165) is 11.6 Å². The molecule has 0 heterocycles. The molecule has 5 heteroatoms. The molecular weight excluding hydrogens is 256 g/mol. The van der Waals surface area contributed by atoms with Gasteiger partial charge in [0.05, 0.1) is 12.0 Å². The summed E-state index contributed by atoms with van der Waals surface area (Å²) in [5.74, 6) is 0. The maximum atomic E-state index is 11.3. The molecule has 0 amide bonds. The maximum absolute atomic E-state index is 11.3. The third-order valence-corrected chi connectivity index (χ3v) is 3.55. The van der Waals surface area contributed by atoms with E-state index in [-0.39, 0.29) is 4.90 Å². The van der Waals surface area contributed by atoms with Crippen LogP contribution in [0.25, 0.3) is 0 Å². The Hall–Kier alpha value is -0.390. The second-order valence-corrected chi connectivity index (χ2v) is 5.13. The van der Waals surface area contributed by atoms with Crippen molar-refractivity contribution < 1.29 is 12.6 Å². The number of benzene rings is 1. The van der Waals surface area contributed by atoms with Crippen LogP contribution < -0.4 is 0 Å². The van der Waals surface area contributed by atoms with Crippen molar-refractivity contribution in [3.8, 4) is 0 Å². The van der Waals surface area contributed by atoms with Gasteiger partial charge >= 0.3 is 0 Å². The van der Waals surface area contributed by atoms with Crippen LogP contribution in [-0.2, 0) is 14.3 Å². The molecule has 0 N–H and O–H groups in total. The first-order valence-electron chi connectivity index (χ1n) is 3.54. The Balaban J connectivity index is 3.33. The molecule has 1 aromatic carbocycles. The Bertz CT molecular complexity index is 411. The van der Waals surface area contributed by atoms with Gasteiger partial charge in [-0.05, 0) is 30.7 Å². The van der Waals surface area contributed by atoms with Crippen molar-refractivity contribution in [3.63, 3.8) is 0 Å². The van der Waals surface area contributed by atoms with Gasteiger partial charge in [-0.1, -0.05) is 15.9 Å². The molecule has 0 saturated heterocycles. The summed E-state index contributed by atoms with van der Waals surface area (Å²) in [5, 5.41) is 0. The lowest BCUT2D eigenvalue weighted by atomic mass is 10.2. The highest BCUT2D eigenvalue weighted by Gasteiger charge is 2.15. The van der Waals surface area contributed by atoms with Gasteiger partial charge in [0.2, 0.25) is 0 Å². The lowest BCUT2D eigenvalue weighted by Gasteiger charge is -2.04.